The number of benzene rings is 3. The van der Waals surface area contributed by atoms with Crippen molar-refractivity contribution in [2.45, 2.75) is 13.5 Å². The minimum Gasteiger partial charge on any atom is -0.478 e. The van der Waals surface area contributed by atoms with E-state index in [4.69, 9.17) is 14.4 Å². The van der Waals surface area contributed by atoms with E-state index in [9.17, 15) is 5.11 Å². The Kier molecular flexibility index (Phi) is 4.79. The highest BCUT2D eigenvalue weighted by atomic mass is 16.5. The Morgan fingerprint density at radius 3 is 2.61 bits per heavy atom. The van der Waals surface area contributed by atoms with Crippen LogP contribution in [0.5, 0.6) is 5.75 Å². The maximum atomic E-state index is 9.59. The third kappa shape index (κ3) is 3.22. The van der Waals surface area contributed by atoms with Crippen molar-refractivity contribution in [1.29, 1.82) is 5.26 Å². The van der Waals surface area contributed by atoms with E-state index in [1.165, 1.54) is 0 Å². The summed E-state index contributed by atoms with van der Waals surface area (Å²) in [6.45, 7) is 1.74. The lowest BCUT2D eigenvalue weighted by molar-refractivity contribution is 0.270. The predicted molar refractivity (Wildman–Crippen MR) is 107 cm³/mol. The number of aliphatic hydroxyl groups excluding tert-OH is 1. The molecule has 1 aromatic heterocycles. The summed E-state index contributed by atoms with van der Waals surface area (Å²) in [5, 5.41) is 18.3. The molecule has 0 spiro atoms. The van der Waals surface area contributed by atoms with Crippen LogP contribution in [-0.2, 0) is 6.61 Å². The van der Waals surface area contributed by atoms with Gasteiger partial charge in [-0.1, -0.05) is 42.5 Å². The Labute approximate surface area is 162 Å². The first-order chi connectivity index (χ1) is 13.7. The number of oxazole rings is 1. The molecule has 0 atom stereocenters. The first-order valence-electron chi connectivity index (χ1n) is 8.90. The predicted octanol–water partition coefficient (Wildman–Crippen LogP) is 4.86. The molecule has 1 N–H and O–H groups in total. The molecule has 138 valence electrons. The van der Waals surface area contributed by atoms with Crippen LogP contribution in [0.4, 0.5) is 0 Å². The van der Waals surface area contributed by atoms with Crippen LogP contribution < -0.4 is 4.74 Å². The average molecular weight is 370 g/mol. The molecule has 0 fully saturated rings. The van der Waals surface area contributed by atoms with Crippen molar-refractivity contribution in [2.24, 2.45) is 0 Å². The number of hydrogen-bond donors (Lipinski definition) is 1. The molecule has 4 rings (SSSR count). The van der Waals surface area contributed by atoms with E-state index in [0.717, 1.165) is 22.3 Å². The maximum Gasteiger partial charge on any atom is 0.227 e. The van der Waals surface area contributed by atoms with Gasteiger partial charge in [0.05, 0.1) is 6.61 Å². The van der Waals surface area contributed by atoms with E-state index in [1.807, 2.05) is 43.3 Å². The van der Waals surface area contributed by atoms with Gasteiger partial charge in [-0.25, -0.2) is 4.98 Å². The third-order valence-electron chi connectivity index (χ3n) is 4.68. The molecule has 1 heterocycles. The van der Waals surface area contributed by atoms with Crippen LogP contribution in [0.1, 0.15) is 11.1 Å². The van der Waals surface area contributed by atoms with Gasteiger partial charge >= 0.3 is 0 Å². The number of hydrogen-bond acceptors (Lipinski definition) is 5. The second-order valence-electron chi connectivity index (χ2n) is 6.40. The molecular weight excluding hydrogens is 352 g/mol. The molecule has 0 amide bonds. The highest BCUT2D eigenvalue weighted by Crippen LogP contribution is 2.34. The van der Waals surface area contributed by atoms with Crippen LogP contribution in [0.3, 0.4) is 0 Å². The maximum absolute atomic E-state index is 9.59. The molecule has 0 aliphatic rings. The van der Waals surface area contributed by atoms with E-state index in [0.29, 0.717) is 28.3 Å². The highest BCUT2D eigenvalue weighted by molar-refractivity contribution is 5.81. The molecule has 0 radical (unpaired) electrons. The number of aliphatic hydroxyl groups is 1. The zero-order valence-electron chi connectivity index (χ0n) is 15.3. The molecule has 0 aliphatic heterocycles. The number of ether oxygens (including phenoxy) is 1. The summed E-state index contributed by atoms with van der Waals surface area (Å²) < 4.78 is 11.4. The molecule has 0 unspecified atom stereocenters. The topological polar surface area (TPSA) is 79.3 Å². The Morgan fingerprint density at radius 2 is 1.86 bits per heavy atom. The Balaban J connectivity index is 1.81. The summed E-state index contributed by atoms with van der Waals surface area (Å²) in [6.07, 6.45) is 0. The van der Waals surface area contributed by atoms with Crippen LogP contribution in [0, 0.1) is 18.3 Å². The fourth-order valence-electron chi connectivity index (χ4n) is 3.28. The monoisotopic (exact) mass is 370 g/mol. The summed E-state index contributed by atoms with van der Waals surface area (Å²) in [5.74, 6) is 0.931. The van der Waals surface area contributed by atoms with Gasteiger partial charge in [0.2, 0.25) is 5.89 Å². The molecule has 5 heteroatoms. The molecule has 3 aromatic carbocycles. The standard InChI is InChI=1S/C23H18N2O3/c1-15-18(16-6-3-2-4-7-16)8-5-9-19(15)23-25-20-12-17(14-26)21(27-11-10-24)13-22(20)28-23/h2-9,12-13,26H,11,14H2,1H3. The summed E-state index contributed by atoms with van der Waals surface area (Å²) in [5.41, 5.74) is 5.98. The summed E-state index contributed by atoms with van der Waals surface area (Å²) in [6, 6.07) is 21.5. The van der Waals surface area contributed by atoms with Gasteiger partial charge < -0.3 is 14.3 Å². The molecular formula is C23H18N2O3. The lowest BCUT2D eigenvalue weighted by Crippen LogP contribution is -1.97. The number of aromatic nitrogens is 1. The van der Waals surface area contributed by atoms with Crippen molar-refractivity contribution < 1.29 is 14.3 Å². The average Bonchev–Trinajstić information content (AvgIpc) is 3.14. The highest BCUT2D eigenvalue weighted by Gasteiger charge is 2.16. The van der Waals surface area contributed by atoms with Gasteiger partial charge in [0, 0.05) is 17.2 Å². The molecule has 0 saturated heterocycles. The van der Waals surface area contributed by atoms with Crippen LogP contribution in [0.2, 0.25) is 0 Å². The minimum atomic E-state index is -0.207. The normalized spacial score (nSPS) is 10.8. The second-order valence-corrected chi connectivity index (χ2v) is 6.40. The lowest BCUT2D eigenvalue weighted by Gasteiger charge is -2.09. The molecule has 0 saturated carbocycles. The Hall–Kier alpha value is -3.62. The zero-order chi connectivity index (χ0) is 19.5. The van der Waals surface area contributed by atoms with Crippen molar-refractivity contribution >= 4 is 11.1 Å². The second kappa shape index (κ2) is 7.55. The number of rotatable bonds is 5. The molecule has 0 aliphatic carbocycles. The van der Waals surface area contributed by atoms with Gasteiger partial charge in [-0.15, -0.1) is 0 Å². The van der Waals surface area contributed by atoms with E-state index in [2.05, 4.69) is 23.2 Å². The van der Waals surface area contributed by atoms with Crippen molar-refractivity contribution in [2.75, 3.05) is 6.61 Å². The molecule has 0 bridgehead atoms. The Bertz CT molecular complexity index is 1170. The van der Waals surface area contributed by atoms with E-state index in [-0.39, 0.29) is 13.2 Å². The molecule has 4 aromatic rings. The lowest BCUT2D eigenvalue weighted by atomic mass is 9.96. The molecule has 28 heavy (non-hydrogen) atoms. The minimum absolute atomic E-state index is 0.0995. The summed E-state index contributed by atoms with van der Waals surface area (Å²) in [4.78, 5) is 4.61. The first kappa shape index (κ1) is 17.8. The van der Waals surface area contributed by atoms with Crippen LogP contribution >= 0.6 is 0 Å². The third-order valence-corrected chi connectivity index (χ3v) is 4.68. The summed E-state index contributed by atoms with van der Waals surface area (Å²) >= 11 is 0. The van der Waals surface area contributed by atoms with E-state index in [1.54, 1.807) is 12.1 Å². The largest absolute Gasteiger partial charge is 0.478 e. The van der Waals surface area contributed by atoms with Crippen molar-refractivity contribution in [3.63, 3.8) is 0 Å². The molecule has 5 nitrogen and oxygen atoms in total. The number of fused-ring (bicyclic) bond motifs is 1. The van der Waals surface area contributed by atoms with Gasteiger partial charge in [-0.2, -0.15) is 5.26 Å². The van der Waals surface area contributed by atoms with Crippen molar-refractivity contribution in [3.05, 3.63) is 71.8 Å². The Morgan fingerprint density at radius 1 is 1.07 bits per heavy atom. The van der Waals surface area contributed by atoms with Crippen molar-refractivity contribution in [1.82, 2.24) is 4.98 Å². The summed E-state index contributed by atoms with van der Waals surface area (Å²) in [7, 11) is 0. The van der Waals surface area contributed by atoms with Crippen LogP contribution in [-0.4, -0.2) is 16.7 Å². The van der Waals surface area contributed by atoms with Gasteiger partial charge in [0.25, 0.3) is 0 Å². The fraction of sp³-hybridized carbons (Fsp3) is 0.130. The first-order valence-corrected chi connectivity index (χ1v) is 8.90. The van der Waals surface area contributed by atoms with Gasteiger partial charge in [-0.05, 0) is 35.7 Å². The van der Waals surface area contributed by atoms with Crippen molar-refractivity contribution in [3.8, 4) is 34.4 Å². The quantitative estimate of drug-likeness (QED) is 0.542. The van der Waals surface area contributed by atoms with Crippen LogP contribution in [0.15, 0.2) is 65.1 Å². The van der Waals surface area contributed by atoms with E-state index < -0.39 is 0 Å². The smallest absolute Gasteiger partial charge is 0.227 e. The SMILES string of the molecule is Cc1c(-c2ccccc2)cccc1-c1nc2cc(CO)c(OCC#N)cc2o1. The van der Waals surface area contributed by atoms with Crippen LogP contribution in [0.25, 0.3) is 33.7 Å². The van der Waals surface area contributed by atoms with E-state index >= 15 is 0 Å². The zero-order valence-corrected chi connectivity index (χ0v) is 15.3. The van der Waals surface area contributed by atoms with Gasteiger partial charge in [0.1, 0.15) is 17.3 Å². The number of nitrogens with zero attached hydrogens (tertiary/aromatic N) is 2. The fourth-order valence-corrected chi connectivity index (χ4v) is 3.28. The van der Waals surface area contributed by atoms with Gasteiger partial charge in [0.15, 0.2) is 12.2 Å². The van der Waals surface area contributed by atoms with Gasteiger partial charge in [-0.3, -0.25) is 0 Å². The number of nitriles is 1.